The number of allylic oxidation sites excluding steroid dienone is 1. The van der Waals surface area contributed by atoms with Crippen LogP contribution in [0.5, 0.6) is 5.75 Å². The van der Waals surface area contributed by atoms with E-state index < -0.39 is 6.10 Å². The largest absolute Gasteiger partial charge is 0.481 e. The number of amides is 1. The van der Waals surface area contributed by atoms with Crippen LogP contribution in [0.1, 0.15) is 38.2 Å². The monoisotopic (exact) mass is 273 g/mol. The van der Waals surface area contributed by atoms with E-state index in [2.05, 4.69) is 11.4 Å². The molecule has 0 aromatic heterocycles. The summed E-state index contributed by atoms with van der Waals surface area (Å²) in [7, 11) is 0. The van der Waals surface area contributed by atoms with Crippen molar-refractivity contribution in [3.8, 4) is 5.75 Å². The molecule has 0 unspecified atom stereocenters. The molecule has 1 amide bonds. The number of ether oxygens (including phenoxy) is 1. The van der Waals surface area contributed by atoms with Crippen LogP contribution in [0.15, 0.2) is 35.9 Å². The standard InChI is InChI=1S/C17H23NO2/c1-13-8-10-16(11-9-13)20-14(2)17(19)18-12-15-6-4-3-5-7-15/h6,8-11,14H,3-5,7,12H2,1-2H3,(H,18,19)/t14-/m1/s1. The smallest absolute Gasteiger partial charge is 0.261 e. The molecule has 0 saturated carbocycles. The second-order valence-corrected chi connectivity index (χ2v) is 5.40. The summed E-state index contributed by atoms with van der Waals surface area (Å²) in [6.07, 6.45) is 6.52. The first-order chi connectivity index (χ1) is 9.65. The quantitative estimate of drug-likeness (QED) is 0.835. The zero-order valence-corrected chi connectivity index (χ0v) is 12.3. The van der Waals surface area contributed by atoms with Gasteiger partial charge in [0.1, 0.15) is 5.75 Å². The number of hydrogen-bond acceptors (Lipinski definition) is 2. The summed E-state index contributed by atoms with van der Waals surface area (Å²) in [4.78, 5) is 12.0. The Bertz CT molecular complexity index is 476. The van der Waals surface area contributed by atoms with Crippen molar-refractivity contribution in [2.24, 2.45) is 0 Å². The molecule has 0 fully saturated rings. The van der Waals surface area contributed by atoms with Crippen molar-refractivity contribution < 1.29 is 9.53 Å². The average Bonchev–Trinajstić information content (AvgIpc) is 2.48. The third-order valence-electron chi connectivity index (χ3n) is 3.58. The molecule has 1 N–H and O–H groups in total. The molecule has 3 nitrogen and oxygen atoms in total. The Hall–Kier alpha value is -1.77. The van der Waals surface area contributed by atoms with Crippen molar-refractivity contribution in [1.82, 2.24) is 5.32 Å². The second-order valence-electron chi connectivity index (χ2n) is 5.40. The lowest BCUT2D eigenvalue weighted by atomic mass is 10.00. The van der Waals surface area contributed by atoms with Crippen molar-refractivity contribution in [3.63, 3.8) is 0 Å². The van der Waals surface area contributed by atoms with Gasteiger partial charge in [0, 0.05) is 6.54 Å². The van der Waals surface area contributed by atoms with E-state index in [1.807, 2.05) is 31.2 Å². The lowest BCUT2D eigenvalue weighted by Gasteiger charge is -2.17. The zero-order valence-electron chi connectivity index (χ0n) is 12.3. The number of carbonyl (C=O) groups excluding carboxylic acids is 1. The first kappa shape index (κ1) is 14.6. The minimum atomic E-state index is -0.470. The first-order valence-electron chi connectivity index (χ1n) is 7.34. The molecule has 0 spiro atoms. The van der Waals surface area contributed by atoms with E-state index in [-0.39, 0.29) is 5.91 Å². The summed E-state index contributed by atoms with van der Waals surface area (Å²) < 4.78 is 5.64. The van der Waals surface area contributed by atoms with Crippen LogP contribution in [0.2, 0.25) is 0 Å². The van der Waals surface area contributed by atoms with Crippen molar-refractivity contribution in [2.45, 2.75) is 45.6 Å². The van der Waals surface area contributed by atoms with Crippen LogP contribution in [0.4, 0.5) is 0 Å². The van der Waals surface area contributed by atoms with Gasteiger partial charge in [0.25, 0.3) is 5.91 Å². The van der Waals surface area contributed by atoms with Crippen LogP contribution in [0, 0.1) is 6.92 Å². The van der Waals surface area contributed by atoms with Gasteiger partial charge < -0.3 is 10.1 Å². The SMILES string of the molecule is Cc1ccc(O[C@H](C)C(=O)NCC2=CCCCC2)cc1. The van der Waals surface area contributed by atoms with E-state index in [0.717, 1.165) is 18.6 Å². The number of aryl methyl sites for hydroxylation is 1. The predicted octanol–water partition coefficient (Wildman–Crippen LogP) is 3.38. The minimum absolute atomic E-state index is 0.0583. The lowest BCUT2D eigenvalue weighted by Crippen LogP contribution is -2.37. The Kier molecular flexibility index (Phi) is 5.22. The van der Waals surface area contributed by atoms with Crippen LogP contribution < -0.4 is 10.1 Å². The maximum absolute atomic E-state index is 12.0. The fraction of sp³-hybridized carbons (Fsp3) is 0.471. The summed E-state index contributed by atoms with van der Waals surface area (Å²) in [5, 5.41) is 2.95. The summed E-state index contributed by atoms with van der Waals surface area (Å²) >= 11 is 0. The zero-order chi connectivity index (χ0) is 14.4. The Labute approximate surface area is 121 Å². The van der Waals surface area contributed by atoms with Gasteiger partial charge >= 0.3 is 0 Å². The van der Waals surface area contributed by atoms with Crippen LogP contribution in [0.3, 0.4) is 0 Å². The maximum atomic E-state index is 12.0. The molecule has 3 heteroatoms. The average molecular weight is 273 g/mol. The molecule has 0 heterocycles. The van der Waals surface area contributed by atoms with E-state index in [1.54, 1.807) is 6.92 Å². The van der Waals surface area contributed by atoms with Crippen molar-refractivity contribution in [2.75, 3.05) is 6.54 Å². The maximum Gasteiger partial charge on any atom is 0.261 e. The van der Waals surface area contributed by atoms with Gasteiger partial charge in [0.15, 0.2) is 6.10 Å². The van der Waals surface area contributed by atoms with Gasteiger partial charge in [-0.05, 0) is 51.7 Å². The second kappa shape index (κ2) is 7.13. The van der Waals surface area contributed by atoms with Gasteiger partial charge in [-0.15, -0.1) is 0 Å². The normalized spacial score (nSPS) is 16.2. The minimum Gasteiger partial charge on any atom is -0.481 e. The molecule has 2 rings (SSSR count). The number of benzene rings is 1. The summed E-state index contributed by atoms with van der Waals surface area (Å²) in [6, 6.07) is 7.74. The molecule has 0 radical (unpaired) electrons. The Morgan fingerprint density at radius 3 is 2.70 bits per heavy atom. The number of carbonyl (C=O) groups is 1. The summed E-state index contributed by atoms with van der Waals surface area (Å²) in [5.74, 6) is 0.673. The molecule has 1 aromatic rings. The summed E-state index contributed by atoms with van der Waals surface area (Å²) in [6.45, 7) is 4.46. The van der Waals surface area contributed by atoms with E-state index >= 15 is 0 Å². The van der Waals surface area contributed by atoms with Crippen LogP contribution in [0.25, 0.3) is 0 Å². The van der Waals surface area contributed by atoms with Gasteiger partial charge in [0.05, 0.1) is 0 Å². The molecule has 0 saturated heterocycles. The van der Waals surface area contributed by atoms with Crippen molar-refractivity contribution in [1.29, 1.82) is 0 Å². The van der Waals surface area contributed by atoms with Crippen molar-refractivity contribution >= 4 is 5.91 Å². The van der Waals surface area contributed by atoms with Crippen LogP contribution >= 0.6 is 0 Å². The fourth-order valence-corrected chi connectivity index (χ4v) is 2.28. The predicted molar refractivity (Wildman–Crippen MR) is 80.8 cm³/mol. The highest BCUT2D eigenvalue weighted by Gasteiger charge is 2.15. The molecule has 1 aromatic carbocycles. The number of nitrogens with one attached hydrogen (secondary N) is 1. The van der Waals surface area contributed by atoms with Crippen molar-refractivity contribution in [3.05, 3.63) is 41.5 Å². The highest BCUT2D eigenvalue weighted by Crippen LogP contribution is 2.16. The molecule has 1 atom stereocenters. The Morgan fingerprint density at radius 1 is 1.30 bits per heavy atom. The Morgan fingerprint density at radius 2 is 2.05 bits per heavy atom. The molecular formula is C17H23NO2. The third kappa shape index (κ3) is 4.41. The fourth-order valence-electron chi connectivity index (χ4n) is 2.28. The molecule has 20 heavy (non-hydrogen) atoms. The molecule has 1 aliphatic carbocycles. The van der Waals surface area contributed by atoms with E-state index in [4.69, 9.17) is 4.74 Å². The van der Waals surface area contributed by atoms with Gasteiger partial charge in [-0.25, -0.2) is 0 Å². The number of rotatable bonds is 5. The van der Waals surface area contributed by atoms with Gasteiger partial charge in [-0.1, -0.05) is 29.3 Å². The van der Waals surface area contributed by atoms with Crippen LogP contribution in [-0.4, -0.2) is 18.6 Å². The lowest BCUT2D eigenvalue weighted by molar-refractivity contribution is -0.127. The van der Waals surface area contributed by atoms with Gasteiger partial charge in [0.2, 0.25) is 0 Å². The van der Waals surface area contributed by atoms with Gasteiger partial charge in [-0.3, -0.25) is 4.79 Å². The third-order valence-corrected chi connectivity index (χ3v) is 3.58. The topological polar surface area (TPSA) is 38.3 Å². The molecule has 0 bridgehead atoms. The molecule has 1 aliphatic rings. The molecular weight excluding hydrogens is 250 g/mol. The van der Waals surface area contributed by atoms with Gasteiger partial charge in [-0.2, -0.15) is 0 Å². The highest BCUT2D eigenvalue weighted by molar-refractivity contribution is 5.80. The molecule has 0 aliphatic heterocycles. The first-order valence-corrected chi connectivity index (χ1v) is 7.34. The number of hydrogen-bond donors (Lipinski definition) is 1. The van der Waals surface area contributed by atoms with E-state index in [9.17, 15) is 4.79 Å². The highest BCUT2D eigenvalue weighted by atomic mass is 16.5. The summed E-state index contributed by atoms with van der Waals surface area (Å²) in [5.41, 5.74) is 2.52. The molecule has 108 valence electrons. The van der Waals surface area contributed by atoms with Crippen LogP contribution in [-0.2, 0) is 4.79 Å². The van der Waals surface area contributed by atoms with E-state index in [0.29, 0.717) is 6.54 Å². The van der Waals surface area contributed by atoms with E-state index in [1.165, 1.54) is 24.0 Å². The Balaban J connectivity index is 1.79.